The third kappa shape index (κ3) is 5.98. The first-order valence-electron chi connectivity index (χ1n) is 10.8. The van der Waals surface area contributed by atoms with Crippen LogP contribution in [0.4, 0.5) is 5.69 Å². The van der Waals surface area contributed by atoms with Crippen LogP contribution in [-0.2, 0) is 4.74 Å². The van der Waals surface area contributed by atoms with E-state index in [2.05, 4.69) is 15.5 Å². The third-order valence-electron chi connectivity index (χ3n) is 5.57. The van der Waals surface area contributed by atoms with E-state index in [0.29, 0.717) is 35.9 Å². The molecule has 1 atom stereocenters. The van der Waals surface area contributed by atoms with Gasteiger partial charge in [-0.25, -0.2) is 0 Å². The van der Waals surface area contributed by atoms with Gasteiger partial charge in [-0.3, -0.25) is 14.5 Å². The highest BCUT2D eigenvalue weighted by Crippen LogP contribution is 2.24. The smallest absolute Gasteiger partial charge is 0.265 e. The van der Waals surface area contributed by atoms with Crippen molar-refractivity contribution < 1.29 is 19.1 Å². The molecule has 2 N–H and O–H groups in total. The number of anilines is 1. The molecule has 4 rings (SSSR count). The van der Waals surface area contributed by atoms with E-state index in [0.717, 1.165) is 24.4 Å². The zero-order valence-electron chi connectivity index (χ0n) is 18.5. The highest BCUT2D eigenvalue weighted by molar-refractivity contribution is 7.12. The standard InChI is InChI=1S/C25H27N3O4S/c1-31-21-9-7-18(8-10-21)22(28-11-13-32-14-12-28)17-26-24(29)19-4-2-5-20(16-19)27-25(30)23-6-3-15-33-23/h2-10,15-16,22H,11-14,17H2,1H3,(H,26,29)(H,27,30)/t22-/m0/s1. The molecule has 2 aromatic carbocycles. The molecule has 0 aliphatic carbocycles. The summed E-state index contributed by atoms with van der Waals surface area (Å²) in [6.07, 6.45) is 0. The van der Waals surface area contributed by atoms with E-state index in [1.807, 2.05) is 35.7 Å². The van der Waals surface area contributed by atoms with Crippen LogP contribution in [0.25, 0.3) is 0 Å². The molecule has 2 heterocycles. The lowest BCUT2D eigenvalue weighted by atomic mass is 10.0. The summed E-state index contributed by atoms with van der Waals surface area (Å²) in [5, 5.41) is 7.77. The topological polar surface area (TPSA) is 79.9 Å². The first-order chi connectivity index (χ1) is 16.1. The van der Waals surface area contributed by atoms with Crippen LogP contribution in [-0.4, -0.2) is 56.7 Å². The Morgan fingerprint density at radius 3 is 2.55 bits per heavy atom. The van der Waals surface area contributed by atoms with Crippen LogP contribution in [0, 0.1) is 0 Å². The number of amides is 2. The van der Waals surface area contributed by atoms with Crippen LogP contribution in [0.2, 0.25) is 0 Å². The van der Waals surface area contributed by atoms with E-state index in [4.69, 9.17) is 9.47 Å². The maximum Gasteiger partial charge on any atom is 0.265 e. The number of methoxy groups -OCH3 is 1. The molecular formula is C25H27N3O4S. The molecule has 1 aliphatic rings. The van der Waals surface area contributed by atoms with Crippen molar-refractivity contribution >= 4 is 28.8 Å². The number of benzene rings is 2. The average Bonchev–Trinajstić information content (AvgIpc) is 3.41. The van der Waals surface area contributed by atoms with E-state index < -0.39 is 0 Å². The van der Waals surface area contributed by atoms with Gasteiger partial charge in [-0.2, -0.15) is 0 Å². The molecule has 1 saturated heterocycles. The SMILES string of the molecule is COc1ccc([C@H](CNC(=O)c2cccc(NC(=O)c3cccs3)c2)N2CCOCC2)cc1. The van der Waals surface area contributed by atoms with Crippen LogP contribution in [0.5, 0.6) is 5.75 Å². The molecule has 0 bridgehead atoms. The number of carbonyl (C=O) groups is 2. The maximum absolute atomic E-state index is 12.9. The van der Waals surface area contributed by atoms with Crippen molar-refractivity contribution in [1.82, 2.24) is 10.2 Å². The highest BCUT2D eigenvalue weighted by Gasteiger charge is 2.23. The molecule has 7 nitrogen and oxygen atoms in total. The summed E-state index contributed by atoms with van der Waals surface area (Å²) in [6, 6.07) is 18.5. The summed E-state index contributed by atoms with van der Waals surface area (Å²) < 4.78 is 10.8. The Bertz CT molecular complexity index is 1060. The van der Waals surface area contributed by atoms with Crippen molar-refractivity contribution in [3.63, 3.8) is 0 Å². The molecule has 1 aromatic heterocycles. The van der Waals surface area contributed by atoms with Gasteiger partial charge in [0, 0.05) is 30.9 Å². The van der Waals surface area contributed by atoms with E-state index in [9.17, 15) is 9.59 Å². The molecule has 33 heavy (non-hydrogen) atoms. The Kier molecular flexibility index (Phi) is 7.72. The summed E-state index contributed by atoms with van der Waals surface area (Å²) in [5.41, 5.74) is 2.19. The van der Waals surface area contributed by atoms with Crippen LogP contribution in [0.3, 0.4) is 0 Å². The number of nitrogens with zero attached hydrogens (tertiary/aromatic N) is 1. The Balaban J connectivity index is 1.43. The molecule has 0 saturated carbocycles. The van der Waals surface area contributed by atoms with Gasteiger partial charge < -0.3 is 20.1 Å². The van der Waals surface area contributed by atoms with E-state index >= 15 is 0 Å². The molecule has 0 spiro atoms. The number of nitrogens with one attached hydrogen (secondary N) is 2. The lowest BCUT2D eigenvalue weighted by Gasteiger charge is -2.35. The monoisotopic (exact) mass is 465 g/mol. The highest BCUT2D eigenvalue weighted by atomic mass is 32.1. The minimum atomic E-state index is -0.186. The molecule has 172 valence electrons. The lowest BCUT2D eigenvalue weighted by molar-refractivity contribution is 0.0162. The fraction of sp³-hybridized carbons (Fsp3) is 0.280. The quantitative estimate of drug-likeness (QED) is 0.529. The fourth-order valence-corrected chi connectivity index (χ4v) is 4.42. The second-order valence-corrected chi connectivity index (χ2v) is 8.61. The molecule has 0 radical (unpaired) electrons. The number of rotatable bonds is 8. The van der Waals surface area contributed by atoms with E-state index in [-0.39, 0.29) is 17.9 Å². The zero-order valence-corrected chi connectivity index (χ0v) is 19.3. The van der Waals surface area contributed by atoms with E-state index in [1.54, 1.807) is 37.4 Å². The summed E-state index contributed by atoms with van der Waals surface area (Å²) in [5.74, 6) is 0.424. The Hall–Kier alpha value is -3.20. The molecule has 0 unspecified atom stereocenters. The fourth-order valence-electron chi connectivity index (χ4n) is 3.80. The minimum Gasteiger partial charge on any atom is -0.497 e. The van der Waals surface area contributed by atoms with Crippen molar-refractivity contribution in [2.24, 2.45) is 0 Å². The zero-order chi connectivity index (χ0) is 23.0. The Labute approximate surface area is 197 Å². The lowest BCUT2D eigenvalue weighted by Crippen LogP contribution is -2.43. The van der Waals surface area contributed by atoms with Crippen molar-refractivity contribution in [1.29, 1.82) is 0 Å². The molecule has 1 aliphatic heterocycles. The van der Waals surface area contributed by atoms with Gasteiger partial charge in [-0.15, -0.1) is 11.3 Å². The number of carbonyl (C=O) groups excluding carboxylic acids is 2. The van der Waals surface area contributed by atoms with Gasteiger partial charge >= 0.3 is 0 Å². The van der Waals surface area contributed by atoms with Gasteiger partial charge in [-0.05, 0) is 47.3 Å². The summed E-state index contributed by atoms with van der Waals surface area (Å²) in [4.78, 5) is 28.2. The number of hydrogen-bond donors (Lipinski definition) is 2. The summed E-state index contributed by atoms with van der Waals surface area (Å²) >= 11 is 1.37. The van der Waals surface area contributed by atoms with Gasteiger partial charge in [0.25, 0.3) is 11.8 Å². The predicted molar refractivity (Wildman–Crippen MR) is 129 cm³/mol. The van der Waals surface area contributed by atoms with Gasteiger partial charge in [0.1, 0.15) is 5.75 Å². The number of morpholine rings is 1. The van der Waals surface area contributed by atoms with Crippen LogP contribution < -0.4 is 15.4 Å². The minimum absolute atomic E-state index is 0.0190. The largest absolute Gasteiger partial charge is 0.497 e. The molecule has 1 fully saturated rings. The van der Waals surface area contributed by atoms with Gasteiger partial charge in [0.05, 0.1) is 31.2 Å². The number of thiophene rings is 1. The van der Waals surface area contributed by atoms with Gasteiger partial charge in [0.2, 0.25) is 0 Å². The molecule has 8 heteroatoms. The average molecular weight is 466 g/mol. The summed E-state index contributed by atoms with van der Waals surface area (Å²) in [6.45, 7) is 3.41. The molecular weight excluding hydrogens is 438 g/mol. The summed E-state index contributed by atoms with van der Waals surface area (Å²) in [7, 11) is 1.64. The number of ether oxygens (including phenoxy) is 2. The van der Waals surface area contributed by atoms with Crippen molar-refractivity contribution in [3.8, 4) is 5.75 Å². The van der Waals surface area contributed by atoms with Crippen LogP contribution in [0.1, 0.15) is 31.6 Å². The second-order valence-electron chi connectivity index (χ2n) is 7.66. The molecule has 3 aromatic rings. The van der Waals surface area contributed by atoms with Crippen molar-refractivity contribution in [2.75, 3.05) is 45.3 Å². The molecule has 2 amide bonds. The number of hydrogen-bond acceptors (Lipinski definition) is 6. The third-order valence-corrected chi connectivity index (χ3v) is 6.44. The Morgan fingerprint density at radius 2 is 1.85 bits per heavy atom. The predicted octanol–water partition coefficient (Wildman–Crippen LogP) is 3.81. The first-order valence-corrected chi connectivity index (χ1v) is 11.7. The normalized spacial score (nSPS) is 14.9. The van der Waals surface area contributed by atoms with Crippen molar-refractivity contribution in [3.05, 3.63) is 82.0 Å². The van der Waals surface area contributed by atoms with Crippen LogP contribution in [0.15, 0.2) is 66.0 Å². The Morgan fingerprint density at radius 1 is 1.06 bits per heavy atom. The van der Waals surface area contributed by atoms with Crippen molar-refractivity contribution in [2.45, 2.75) is 6.04 Å². The van der Waals surface area contributed by atoms with Gasteiger partial charge in [0.15, 0.2) is 0 Å². The first kappa shape index (κ1) is 23.0. The second kappa shape index (κ2) is 11.1. The van der Waals surface area contributed by atoms with Crippen LogP contribution >= 0.6 is 11.3 Å². The maximum atomic E-state index is 12.9. The van der Waals surface area contributed by atoms with Gasteiger partial charge in [-0.1, -0.05) is 24.3 Å². The van der Waals surface area contributed by atoms with E-state index in [1.165, 1.54) is 11.3 Å².